The molecule has 3 heterocycles. The molecule has 2 aromatic rings. The summed E-state index contributed by atoms with van der Waals surface area (Å²) in [6, 6.07) is 10.6. The predicted octanol–water partition coefficient (Wildman–Crippen LogP) is 2.25. The van der Waals surface area contributed by atoms with Gasteiger partial charge in [-0.25, -0.2) is 0 Å². The SMILES string of the molecule is CC1=C(C#N)C(c2ccc3n[nH]c(CN4CCNCC4)c3c2)C(C#N)=C(C)N1. The van der Waals surface area contributed by atoms with Crippen LogP contribution in [-0.2, 0) is 6.54 Å². The molecule has 142 valence electrons. The zero-order chi connectivity index (χ0) is 19.7. The van der Waals surface area contributed by atoms with E-state index in [4.69, 9.17) is 0 Å². The molecule has 28 heavy (non-hydrogen) atoms. The summed E-state index contributed by atoms with van der Waals surface area (Å²) >= 11 is 0. The molecule has 7 nitrogen and oxygen atoms in total. The zero-order valence-electron chi connectivity index (χ0n) is 16.1. The molecule has 1 saturated heterocycles. The lowest BCUT2D eigenvalue weighted by Gasteiger charge is -2.27. The van der Waals surface area contributed by atoms with Crippen molar-refractivity contribution in [3.63, 3.8) is 0 Å². The van der Waals surface area contributed by atoms with Gasteiger partial charge in [-0.05, 0) is 31.5 Å². The molecule has 2 aliphatic rings. The van der Waals surface area contributed by atoms with E-state index in [-0.39, 0.29) is 5.92 Å². The molecule has 0 saturated carbocycles. The number of piperazine rings is 1. The Labute approximate surface area is 164 Å². The average Bonchev–Trinajstić information content (AvgIpc) is 3.10. The van der Waals surface area contributed by atoms with Gasteiger partial charge in [0.1, 0.15) is 0 Å². The van der Waals surface area contributed by atoms with Crippen LogP contribution in [0.3, 0.4) is 0 Å². The molecule has 0 aliphatic carbocycles. The number of nitrogens with zero attached hydrogens (tertiary/aromatic N) is 4. The molecule has 4 rings (SSSR count). The van der Waals surface area contributed by atoms with Crippen molar-refractivity contribution >= 4 is 10.9 Å². The van der Waals surface area contributed by atoms with Gasteiger partial charge < -0.3 is 10.6 Å². The van der Waals surface area contributed by atoms with E-state index in [2.05, 4.69) is 43.9 Å². The minimum absolute atomic E-state index is 0.345. The van der Waals surface area contributed by atoms with Crippen LogP contribution in [0.4, 0.5) is 0 Å². The number of fused-ring (bicyclic) bond motifs is 1. The van der Waals surface area contributed by atoms with Crippen LogP contribution in [0.25, 0.3) is 10.9 Å². The lowest BCUT2D eigenvalue weighted by Crippen LogP contribution is -2.42. The summed E-state index contributed by atoms with van der Waals surface area (Å²) in [5, 5.41) is 34.7. The number of H-pyrrole nitrogens is 1. The van der Waals surface area contributed by atoms with Gasteiger partial charge in [-0.2, -0.15) is 15.6 Å². The number of benzene rings is 1. The van der Waals surface area contributed by atoms with Crippen LogP contribution in [0.15, 0.2) is 40.7 Å². The summed E-state index contributed by atoms with van der Waals surface area (Å²) in [6.45, 7) is 8.60. The summed E-state index contributed by atoms with van der Waals surface area (Å²) in [7, 11) is 0. The molecule has 1 aromatic carbocycles. The molecule has 3 N–H and O–H groups in total. The molecular weight excluding hydrogens is 350 g/mol. The summed E-state index contributed by atoms with van der Waals surface area (Å²) < 4.78 is 0. The molecule has 0 atom stereocenters. The number of nitrogens with one attached hydrogen (secondary N) is 3. The first-order valence-corrected chi connectivity index (χ1v) is 9.51. The van der Waals surface area contributed by atoms with Gasteiger partial charge in [-0.3, -0.25) is 10.00 Å². The molecule has 0 spiro atoms. The number of aromatic amines is 1. The first kappa shape index (κ1) is 18.2. The molecule has 0 bridgehead atoms. The summed E-state index contributed by atoms with van der Waals surface area (Å²) in [4.78, 5) is 2.40. The maximum atomic E-state index is 9.73. The van der Waals surface area contributed by atoms with Crippen molar-refractivity contribution in [1.29, 1.82) is 10.5 Å². The lowest BCUT2D eigenvalue weighted by atomic mass is 9.81. The normalized spacial score (nSPS) is 18.9. The van der Waals surface area contributed by atoms with Gasteiger partial charge in [-0.15, -0.1) is 0 Å². The predicted molar refractivity (Wildman–Crippen MR) is 107 cm³/mol. The van der Waals surface area contributed by atoms with Crippen LogP contribution in [0.1, 0.15) is 31.0 Å². The van der Waals surface area contributed by atoms with Crippen LogP contribution in [0, 0.1) is 22.7 Å². The lowest BCUT2D eigenvalue weighted by molar-refractivity contribution is 0.231. The Kier molecular flexibility index (Phi) is 4.87. The van der Waals surface area contributed by atoms with Crippen LogP contribution >= 0.6 is 0 Å². The molecular formula is C21H23N7. The number of hydrogen-bond donors (Lipinski definition) is 3. The van der Waals surface area contributed by atoms with Crippen molar-refractivity contribution in [1.82, 2.24) is 25.7 Å². The highest BCUT2D eigenvalue weighted by molar-refractivity contribution is 5.82. The fourth-order valence-electron chi connectivity index (χ4n) is 4.10. The van der Waals surface area contributed by atoms with Crippen molar-refractivity contribution in [3.05, 3.63) is 52.0 Å². The minimum Gasteiger partial charge on any atom is -0.361 e. The third-order valence-electron chi connectivity index (χ3n) is 5.58. The van der Waals surface area contributed by atoms with E-state index >= 15 is 0 Å². The highest BCUT2D eigenvalue weighted by atomic mass is 15.2. The fourth-order valence-corrected chi connectivity index (χ4v) is 4.10. The van der Waals surface area contributed by atoms with Gasteiger partial charge >= 0.3 is 0 Å². The fraction of sp³-hybridized carbons (Fsp3) is 0.381. The van der Waals surface area contributed by atoms with E-state index in [9.17, 15) is 10.5 Å². The topological polar surface area (TPSA) is 104 Å². The van der Waals surface area contributed by atoms with Crippen molar-refractivity contribution in [2.24, 2.45) is 0 Å². The maximum absolute atomic E-state index is 9.73. The highest BCUT2D eigenvalue weighted by Crippen LogP contribution is 2.38. The number of allylic oxidation sites excluding steroid dienone is 4. The Morgan fingerprint density at radius 1 is 1.11 bits per heavy atom. The van der Waals surface area contributed by atoms with Crippen molar-refractivity contribution in [3.8, 4) is 12.1 Å². The van der Waals surface area contributed by atoms with Gasteiger partial charge in [0.2, 0.25) is 0 Å². The van der Waals surface area contributed by atoms with E-state index in [1.807, 2.05) is 26.0 Å². The Balaban J connectivity index is 1.76. The average molecular weight is 373 g/mol. The largest absolute Gasteiger partial charge is 0.361 e. The van der Waals surface area contributed by atoms with Crippen molar-refractivity contribution < 1.29 is 0 Å². The molecule has 1 fully saturated rings. The van der Waals surface area contributed by atoms with Crippen LogP contribution in [0.5, 0.6) is 0 Å². The smallest absolute Gasteiger partial charge is 0.0975 e. The van der Waals surface area contributed by atoms with Crippen molar-refractivity contribution in [2.45, 2.75) is 26.3 Å². The highest BCUT2D eigenvalue weighted by Gasteiger charge is 2.29. The van der Waals surface area contributed by atoms with Gasteiger partial charge in [0.25, 0.3) is 0 Å². The number of dihydropyridines is 1. The van der Waals surface area contributed by atoms with E-state index in [0.29, 0.717) is 11.1 Å². The second kappa shape index (κ2) is 7.47. The molecule has 2 aliphatic heterocycles. The van der Waals surface area contributed by atoms with Crippen molar-refractivity contribution in [2.75, 3.05) is 26.2 Å². The quantitative estimate of drug-likeness (QED) is 0.762. The summed E-state index contributed by atoms with van der Waals surface area (Å²) in [5.41, 5.74) is 5.72. The van der Waals surface area contributed by atoms with E-state index in [0.717, 1.165) is 66.3 Å². The maximum Gasteiger partial charge on any atom is 0.0975 e. The Bertz CT molecular complexity index is 1020. The first-order valence-electron chi connectivity index (χ1n) is 9.51. The number of hydrogen-bond acceptors (Lipinski definition) is 6. The van der Waals surface area contributed by atoms with Gasteiger partial charge in [0.15, 0.2) is 0 Å². The Morgan fingerprint density at radius 3 is 2.43 bits per heavy atom. The first-order chi connectivity index (χ1) is 13.6. The second-order valence-electron chi connectivity index (χ2n) is 7.36. The minimum atomic E-state index is -0.345. The molecule has 1 aromatic heterocycles. The summed E-state index contributed by atoms with van der Waals surface area (Å²) in [6.07, 6.45) is 0. The standard InChI is InChI=1S/C21H23N7/c1-13-17(10-22)21(18(11-23)14(2)25-13)15-3-4-19-16(9-15)20(27-26-19)12-28-7-5-24-6-8-28/h3-4,9,21,24-25H,5-8,12H2,1-2H3,(H,26,27). The van der Waals surface area contributed by atoms with Crippen LogP contribution in [-0.4, -0.2) is 41.3 Å². The third-order valence-corrected chi connectivity index (χ3v) is 5.58. The van der Waals surface area contributed by atoms with Crippen LogP contribution < -0.4 is 10.6 Å². The Hall–Kier alpha value is -3.13. The summed E-state index contributed by atoms with van der Waals surface area (Å²) in [5.74, 6) is -0.345. The third kappa shape index (κ3) is 3.16. The number of nitriles is 2. The second-order valence-corrected chi connectivity index (χ2v) is 7.36. The molecule has 0 amide bonds. The van der Waals surface area contributed by atoms with E-state index in [1.165, 1.54) is 0 Å². The van der Waals surface area contributed by atoms with Crippen LogP contribution in [0.2, 0.25) is 0 Å². The van der Waals surface area contributed by atoms with E-state index < -0.39 is 0 Å². The molecule has 0 unspecified atom stereocenters. The number of rotatable bonds is 3. The van der Waals surface area contributed by atoms with Gasteiger partial charge in [0.05, 0.1) is 40.4 Å². The molecule has 0 radical (unpaired) electrons. The zero-order valence-corrected chi connectivity index (χ0v) is 16.1. The van der Waals surface area contributed by atoms with Gasteiger partial charge in [0, 0.05) is 49.5 Å². The Morgan fingerprint density at radius 2 is 1.79 bits per heavy atom. The van der Waals surface area contributed by atoms with E-state index in [1.54, 1.807) is 0 Å². The number of aromatic nitrogens is 2. The monoisotopic (exact) mass is 373 g/mol. The molecule has 7 heteroatoms. The van der Waals surface area contributed by atoms with Gasteiger partial charge in [-0.1, -0.05) is 6.07 Å².